The number of aliphatic imine (C=N–C) groups is 1. The molecule has 4 aromatic carbocycles. The summed E-state index contributed by atoms with van der Waals surface area (Å²) in [6.45, 7) is 0.0337. The van der Waals surface area contributed by atoms with Gasteiger partial charge in [0.05, 0.1) is 19.1 Å². The smallest absolute Gasteiger partial charge is 0.305 e. The fraction of sp³-hybridized carbons (Fsp3) is 0.167. The Morgan fingerprint density at radius 2 is 1.26 bits per heavy atom. The van der Waals surface area contributed by atoms with Gasteiger partial charge < -0.3 is 19.5 Å². The van der Waals surface area contributed by atoms with Crippen LogP contribution >= 0.6 is 0 Å². The molecule has 0 aliphatic rings. The van der Waals surface area contributed by atoms with E-state index in [0.717, 1.165) is 33.4 Å². The number of aliphatic hydroxyl groups excluding tert-OH is 1. The molecular formula is C36H34N2O4. The number of hydrogen-bond donors (Lipinski definition) is 2. The van der Waals surface area contributed by atoms with E-state index in [-0.39, 0.29) is 25.5 Å². The third-order valence-electron chi connectivity index (χ3n) is 7.12. The zero-order valence-corrected chi connectivity index (χ0v) is 23.3. The van der Waals surface area contributed by atoms with Gasteiger partial charge >= 0.3 is 5.97 Å². The van der Waals surface area contributed by atoms with Crippen LogP contribution in [0.3, 0.4) is 0 Å². The topological polar surface area (TPSA) is 84.1 Å². The summed E-state index contributed by atoms with van der Waals surface area (Å²) < 4.78 is 8.09. The minimum atomic E-state index is -0.970. The summed E-state index contributed by atoms with van der Waals surface area (Å²) in [5.74, 6) is -0.695. The molecule has 5 aromatic rings. The number of rotatable bonds is 12. The summed E-state index contributed by atoms with van der Waals surface area (Å²) in [7, 11) is 0. The van der Waals surface area contributed by atoms with E-state index < -0.39 is 18.1 Å². The van der Waals surface area contributed by atoms with Crippen LogP contribution < -0.4 is 0 Å². The first-order chi connectivity index (χ1) is 20.6. The van der Waals surface area contributed by atoms with E-state index >= 15 is 0 Å². The van der Waals surface area contributed by atoms with E-state index in [9.17, 15) is 15.0 Å². The van der Waals surface area contributed by atoms with Crippen LogP contribution in [0.2, 0.25) is 0 Å². The molecule has 0 aliphatic carbocycles. The third kappa shape index (κ3) is 7.62. The Hall–Kier alpha value is -4.94. The lowest BCUT2D eigenvalue weighted by atomic mass is 10.0. The molecule has 0 amide bonds. The highest BCUT2D eigenvalue weighted by Crippen LogP contribution is 2.28. The van der Waals surface area contributed by atoms with E-state index in [1.165, 1.54) is 0 Å². The predicted octanol–water partition coefficient (Wildman–Crippen LogP) is 7.06. The van der Waals surface area contributed by atoms with Gasteiger partial charge in [-0.25, -0.2) is 4.99 Å². The van der Waals surface area contributed by atoms with Crippen molar-refractivity contribution in [1.82, 2.24) is 4.57 Å². The van der Waals surface area contributed by atoms with Crippen molar-refractivity contribution in [2.45, 2.75) is 31.5 Å². The van der Waals surface area contributed by atoms with Crippen molar-refractivity contribution in [2.24, 2.45) is 4.99 Å². The average molecular weight is 559 g/mol. The van der Waals surface area contributed by atoms with Crippen LogP contribution in [0.15, 0.2) is 139 Å². The number of aliphatic carboxylic acids is 1. The summed E-state index contributed by atoms with van der Waals surface area (Å²) in [5, 5.41) is 20.1. The zero-order chi connectivity index (χ0) is 29.1. The molecular weight excluding hydrogens is 524 g/mol. The lowest BCUT2D eigenvalue weighted by Crippen LogP contribution is -2.27. The van der Waals surface area contributed by atoms with Crippen molar-refractivity contribution in [1.29, 1.82) is 0 Å². The summed E-state index contributed by atoms with van der Waals surface area (Å²) in [6.07, 6.45) is 4.07. The molecule has 212 valence electrons. The van der Waals surface area contributed by atoms with Gasteiger partial charge in [0.15, 0.2) is 0 Å². The molecule has 0 bridgehead atoms. The molecule has 0 radical (unpaired) electrons. The normalized spacial score (nSPS) is 12.9. The summed E-state index contributed by atoms with van der Waals surface area (Å²) >= 11 is 0. The van der Waals surface area contributed by atoms with Gasteiger partial charge in [0.1, 0.15) is 12.6 Å². The van der Waals surface area contributed by atoms with Crippen molar-refractivity contribution < 1.29 is 19.7 Å². The minimum absolute atomic E-state index is 0.197. The maximum absolute atomic E-state index is 12.1. The van der Waals surface area contributed by atoms with Crippen LogP contribution in [0.4, 0.5) is 0 Å². The number of aliphatic hydroxyl groups is 1. The molecule has 42 heavy (non-hydrogen) atoms. The first-order valence-corrected chi connectivity index (χ1v) is 14.0. The number of carboxylic acid groups (broad SMARTS) is 1. The maximum atomic E-state index is 12.1. The van der Waals surface area contributed by atoms with Crippen molar-refractivity contribution in [3.8, 4) is 22.3 Å². The van der Waals surface area contributed by atoms with Crippen LogP contribution in [-0.4, -0.2) is 39.3 Å². The molecule has 6 heteroatoms. The molecule has 0 saturated carbocycles. The van der Waals surface area contributed by atoms with Gasteiger partial charge in [-0.15, -0.1) is 0 Å². The Bertz CT molecular complexity index is 1580. The number of hydrogen-bond acceptors (Lipinski definition) is 4. The minimum Gasteiger partial charge on any atom is -0.481 e. The molecule has 2 atom stereocenters. The Labute approximate surface area is 246 Å². The number of benzene rings is 4. The Morgan fingerprint density at radius 3 is 1.86 bits per heavy atom. The molecule has 6 nitrogen and oxygen atoms in total. The molecule has 1 aromatic heterocycles. The van der Waals surface area contributed by atoms with Crippen molar-refractivity contribution in [3.05, 3.63) is 145 Å². The average Bonchev–Trinajstić information content (AvgIpc) is 3.53. The highest BCUT2D eigenvalue weighted by Gasteiger charge is 2.25. The van der Waals surface area contributed by atoms with Crippen molar-refractivity contribution >= 4 is 11.9 Å². The number of carbonyl (C=O) groups is 1. The van der Waals surface area contributed by atoms with Crippen LogP contribution in [0.5, 0.6) is 0 Å². The van der Waals surface area contributed by atoms with E-state index in [0.29, 0.717) is 6.42 Å². The molecule has 1 heterocycles. The fourth-order valence-electron chi connectivity index (χ4n) is 4.92. The maximum Gasteiger partial charge on any atom is 0.305 e. The van der Waals surface area contributed by atoms with Crippen LogP contribution in [0.25, 0.3) is 22.3 Å². The summed E-state index contributed by atoms with van der Waals surface area (Å²) in [5.41, 5.74) is 6.21. The number of aromatic nitrogens is 1. The quantitative estimate of drug-likeness (QED) is 0.127. The van der Waals surface area contributed by atoms with Gasteiger partial charge in [0.25, 0.3) is 0 Å². The number of ether oxygens (including phenoxy) is 1. The Balaban J connectivity index is 1.45. The van der Waals surface area contributed by atoms with Crippen LogP contribution in [-0.2, 0) is 22.6 Å². The van der Waals surface area contributed by atoms with E-state index in [2.05, 4.69) is 36.4 Å². The Kier molecular flexibility index (Phi) is 9.60. The van der Waals surface area contributed by atoms with Crippen molar-refractivity contribution in [3.63, 3.8) is 0 Å². The molecule has 0 aliphatic heterocycles. The lowest BCUT2D eigenvalue weighted by molar-refractivity contribution is -0.137. The lowest BCUT2D eigenvalue weighted by Gasteiger charge is -2.22. The molecule has 2 N–H and O–H groups in total. The zero-order valence-electron chi connectivity index (χ0n) is 23.3. The van der Waals surface area contributed by atoms with E-state index in [4.69, 9.17) is 9.73 Å². The molecule has 0 fully saturated rings. The van der Waals surface area contributed by atoms with Gasteiger partial charge in [0, 0.05) is 12.4 Å². The second-order valence-electron chi connectivity index (χ2n) is 10.2. The van der Waals surface area contributed by atoms with Gasteiger partial charge in [-0.2, -0.15) is 0 Å². The SMILES string of the molecule is O=C(O)C[C@H](C(=N[C@H](CO)Cc1ccccc1)OCc1ccccc1)n1ccc(-c2ccc(-c3ccccc3)cc2)c1. The van der Waals surface area contributed by atoms with Gasteiger partial charge in [-0.3, -0.25) is 4.79 Å². The largest absolute Gasteiger partial charge is 0.481 e. The predicted molar refractivity (Wildman–Crippen MR) is 166 cm³/mol. The monoisotopic (exact) mass is 558 g/mol. The highest BCUT2D eigenvalue weighted by molar-refractivity contribution is 5.85. The molecule has 0 unspecified atom stereocenters. The molecule has 0 saturated heterocycles. The van der Waals surface area contributed by atoms with Crippen LogP contribution in [0, 0.1) is 0 Å². The third-order valence-corrected chi connectivity index (χ3v) is 7.12. The molecule has 0 spiro atoms. The summed E-state index contributed by atoms with van der Waals surface area (Å²) in [6, 6.07) is 38.8. The summed E-state index contributed by atoms with van der Waals surface area (Å²) in [4.78, 5) is 16.9. The number of nitrogens with zero attached hydrogens (tertiary/aromatic N) is 2. The fourth-order valence-corrected chi connectivity index (χ4v) is 4.92. The first kappa shape index (κ1) is 28.6. The standard InChI is InChI=1S/C36H34N2O4/c39-25-33(22-27-10-4-1-5-11-27)37-36(42-26-28-12-6-2-7-13-28)34(23-35(40)41)38-21-20-32(24-38)31-18-16-30(17-19-31)29-14-8-3-9-15-29/h1-21,24,33-34,39H,22-23,25-26H2,(H,40,41)/t33-,34+/m0/s1. The van der Waals surface area contributed by atoms with Crippen molar-refractivity contribution in [2.75, 3.05) is 6.61 Å². The highest BCUT2D eigenvalue weighted by atomic mass is 16.5. The van der Waals surface area contributed by atoms with Gasteiger partial charge in [-0.1, -0.05) is 115 Å². The molecule has 5 rings (SSSR count). The Morgan fingerprint density at radius 1 is 0.714 bits per heavy atom. The number of carboxylic acids is 1. The second-order valence-corrected chi connectivity index (χ2v) is 10.2. The van der Waals surface area contributed by atoms with Gasteiger partial charge in [0.2, 0.25) is 5.90 Å². The van der Waals surface area contributed by atoms with E-state index in [1.807, 2.05) is 102 Å². The van der Waals surface area contributed by atoms with Crippen LogP contribution in [0.1, 0.15) is 23.6 Å². The van der Waals surface area contributed by atoms with E-state index in [1.54, 1.807) is 0 Å². The first-order valence-electron chi connectivity index (χ1n) is 14.0. The second kappa shape index (κ2) is 14.1. The van der Waals surface area contributed by atoms with Gasteiger partial charge in [-0.05, 0) is 45.9 Å².